The Kier molecular flexibility index (Phi) is 7.19. The van der Waals surface area contributed by atoms with Gasteiger partial charge in [-0.15, -0.1) is 0 Å². The second kappa shape index (κ2) is 7.54. The van der Waals surface area contributed by atoms with Crippen molar-refractivity contribution in [1.82, 2.24) is 10.2 Å². The lowest BCUT2D eigenvalue weighted by Crippen LogP contribution is -2.40. The van der Waals surface area contributed by atoms with Gasteiger partial charge in [0, 0.05) is 19.6 Å². The molecule has 0 aliphatic carbocycles. The molecule has 17 heavy (non-hydrogen) atoms. The maximum absolute atomic E-state index is 11.8. The van der Waals surface area contributed by atoms with Crippen molar-refractivity contribution in [3.05, 3.63) is 0 Å². The normalized spacial score (nSPS) is 11.7. The standard InChI is InChI=1S/C13H28N2O2/c1-7-15(9-8-14-10-11(2)3)12(16)17-13(4,5)6/h11,14H,7-10H2,1-6H3. The van der Waals surface area contributed by atoms with Gasteiger partial charge in [-0.3, -0.25) is 0 Å². The van der Waals surface area contributed by atoms with E-state index in [4.69, 9.17) is 4.74 Å². The van der Waals surface area contributed by atoms with E-state index in [2.05, 4.69) is 19.2 Å². The van der Waals surface area contributed by atoms with Crippen molar-refractivity contribution >= 4 is 6.09 Å². The van der Waals surface area contributed by atoms with Crippen molar-refractivity contribution in [3.63, 3.8) is 0 Å². The quantitative estimate of drug-likeness (QED) is 0.730. The molecule has 0 saturated carbocycles. The van der Waals surface area contributed by atoms with Crippen molar-refractivity contribution in [2.45, 2.75) is 47.1 Å². The first-order chi connectivity index (χ1) is 7.76. The molecule has 0 rings (SSSR count). The summed E-state index contributed by atoms with van der Waals surface area (Å²) in [4.78, 5) is 13.5. The SMILES string of the molecule is CCN(CCNCC(C)C)C(=O)OC(C)(C)C. The van der Waals surface area contributed by atoms with E-state index in [1.54, 1.807) is 4.90 Å². The van der Waals surface area contributed by atoms with E-state index in [1.165, 1.54) is 0 Å². The van der Waals surface area contributed by atoms with E-state index in [0.717, 1.165) is 13.1 Å². The van der Waals surface area contributed by atoms with Crippen LogP contribution in [0.5, 0.6) is 0 Å². The van der Waals surface area contributed by atoms with Crippen LogP contribution in [0.25, 0.3) is 0 Å². The Morgan fingerprint density at radius 3 is 2.35 bits per heavy atom. The molecule has 4 heteroatoms. The van der Waals surface area contributed by atoms with Crippen molar-refractivity contribution in [3.8, 4) is 0 Å². The summed E-state index contributed by atoms with van der Waals surface area (Å²) in [5.41, 5.74) is -0.421. The average Bonchev–Trinajstić information content (AvgIpc) is 2.14. The lowest BCUT2D eigenvalue weighted by Gasteiger charge is -2.26. The highest BCUT2D eigenvalue weighted by Gasteiger charge is 2.20. The first-order valence-electron chi connectivity index (χ1n) is 6.45. The molecule has 0 bridgehead atoms. The molecule has 0 atom stereocenters. The maximum atomic E-state index is 11.8. The van der Waals surface area contributed by atoms with E-state index in [9.17, 15) is 4.79 Å². The molecule has 0 aromatic heterocycles. The Bertz CT molecular complexity index is 222. The van der Waals surface area contributed by atoms with Crippen molar-refractivity contribution in [2.24, 2.45) is 5.92 Å². The molecule has 102 valence electrons. The van der Waals surface area contributed by atoms with Crippen LogP contribution in [0.2, 0.25) is 0 Å². The Morgan fingerprint density at radius 2 is 1.94 bits per heavy atom. The summed E-state index contributed by atoms with van der Waals surface area (Å²) in [5, 5.41) is 3.32. The molecule has 1 N–H and O–H groups in total. The third-order valence-electron chi connectivity index (χ3n) is 2.14. The molecule has 1 amide bonds. The molecule has 0 unspecified atom stereocenters. The van der Waals surface area contributed by atoms with Crippen LogP contribution in [0.1, 0.15) is 41.5 Å². The maximum Gasteiger partial charge on any atom is 0.410 e. The predicted octanol–water partition coefficient (Wildman–Crippen LogP) is 2.49. The first kappa shape index (κ1) is 16.2. The van der Waals surface area contributed by atoms with Gasteiger partial charge < -0.3 is 15.0 Å². The minimum absolute atomic E-state index is 0.230. The molecule has 0 aromatic carbocycles. The number of rotatable bonds is 6. The molecule has 0 aromatic rings. The molecule has 0 saturated heterocycles. The van der Waals surface area contributed by atoms with Crippen LogP contribution in [0, 0.1) is 5.92 Å². The second-order valence-electron chi connectivity index (χ2n) is 5.66. The van der Waals surface area contributed by atoms with Crippen LogP contribution in [-0.4, -0.2) is 42.8 Å². The Labute approximate surface area is 106 Å². The fourth-order valence-corrected chi connectivity index (χ4v) is 1.31. The van der Waals surface area contributed by atoms with Crippen LogP contribution in [0.15, 0.2) is 0 Å². The molecule has 0 fully saturated rings. The summed E-state index contributed by atoms with van der Waals surface area (Å²) >= 11 is 0. The molecule has 0 aliphatic rings. The van der Waals surface area contributed by atoms with E-state index >= 15 is 0 Å². The molecule has 0 aliphatic heterocycles. The van der Waals surface area contributed by atoms with E-state index in [0.29, 0.717) is 19.0 Å². The molecule has 0 radical (unpaired) electrons. The third-order valence-corrected chi connectivity index (χ3v) is 2.14. The predicted molar refractivity (Wildman–Crippen MR) is 71.2 cm³/mol. The molecule has 4 nitrogen and oxygen atoms in total. The first-order valence-corrected chi connectivity index (χ1v) is 6.45. The summed E-state index contributed by atoms with van der Waals surface area (Å²) in [5.74, 6) is 0.631. The van der Waals surface area contributed by atoms with E-state index in [1.807, 2.05) is 27.7 Å². The van der Waals surface area contributed by atoms with Crippen LogP contribution in [-0.2, 0) is 4.74 Å². The number of hydrogen-bond acceptors (Lipinski definition) is 3. The highest BCUT2D eigenvalue weighted by atomic mass is 16.6. The monoisotopic (exact) mass is 244 g/mol. The smallest absolute Gasteiger partial charge is 0.410 e. The fourth-order valence-electron chi connectivity index (χ4n) is 1.31. The van der Waals surface area contributed by atoms with Crippen LogP contribution >= 0.6 is 0 Å². The Balaban J connectivity index is 3.94. The summed E-state index contributed by atoms with van der Waals surface area (Å²) in [6, 6.07) is 0. The number of amides is 1. The molecule has 0 spiro atoms. The zero-order valence-electron chi connectivity index (χ0n) is 12.2. The number of likely N-dealkylation sites (N-methyl/N-ethyl adjacent to an activating group) is 1. The number of hydrogen-bond donors (Lipinski definition) is 1. The van der Waals surface area contributed by atoms with Crippen LogP contribution < -0.4 is 5.32 Å². The Morgan fingerprint density at radius 1 is 1.35 bits per heavy atom. The number of ether oxygens (including phenoxy) is 1. The minimum atomic E-state index is -0.421. The average molecular weight is 244 g/mol. The van der Waals surface area contributed by atoms with Gasteiger partial charge in [-0.2, -0.15) is 0 Å². The largest absolute Gasteiger partial charge is 0.444 e. The highest BCUT2D eigenvalue weighted by molar-refractivity contribution is 5.68. The van der Waals surface area contributed by atoms with Gasteiger partial charge >= 0.3 is 6.09 Å². The summed E-state index contributed by atoms with van der Waals surface area (Å²) in [6.45, 7) is 15.1. The van der Waals surface area contributed by atoms with Gasteiger partial charge in [-0.1, -0.05) is 13.8 Å². The summed E-state index contributed by atoms with van der Waals surface area (Å²) < 4.78 is 5.33. The van der Waals surface area contributed by atoms with Gasteiger partial charge in [0.05, 0.1) is 0 Å². The van der Waals surface area contributed by atoms with Crippen molar-refractivity contribution < 1.29 is 9.53 Å². The van der Waals surface area contributed by atoms with E-state index < -0.39 is 5.60 Å². The van der Waals surface area contributed by atoms with Crippen LogP contribution in [0.4, 0.5) is 4.79 Å². The second-order valence-corrected chi connectivity index (χ2v) is 5.66. The van der Waals surface area contributed by atoms with Gasteiger partial charge in [0.15, 0.2) is 0 Å². The summed E-state index contributed by atoms with van der Waals surface area (Å²) in [6.07, 6.45) is -0.230. The number of carbonyl (C=O) groups excluding carboxylic acids is 1. The third kappa shape index (κ3) is 8.98. The molecular formula is C13H28N2O2. The zero-order chi connectivity index (χ0) is 13.5. The van der Waals surface area contributed by atoms with Gasteiger partial charge in [0.1, 0.15) is 5.60 Å². The lowest BCUT2D eigenvalue weighted by molar-refractivity contribution is 0.0262. The molecular weight excluding hydrogens is 216 g/mol. The lowest BCUT2D eigenvalue weighted by atomic mass is 10.2. The van der Waals surface area contributed by atoms with Crippen molar-refractivity contribution in [2.75, 3.05) is 26.2 Å². The van der Waals surface area contributed by atoms with Gasteiger partial charge in [-0.05, 0) is 40.2 Å². The van der Waals surface area contributed by atoms with Crippen LogP contribution in [0.3, 0.4) is 0 Å². The Hall–Kier alpha value is -0.770. The zero-order valence-corrected chi connectivity index (χ0v) is 12.2. The minimum Gasteiger partial charge on any atom is -0.444 e. The van der Waals surface area contributed by atoms with E-state index in [-0.39, 0.29) is 6.09 Å². The van der Waals surface area contributed by atoms with Gasteiger partial charge in [0.2, 0.25) is 0 Å². The topological polar surface area (TPSA) is 41.6 Å². The van der Waals surface area contributed by atoms with Crippen molar-refractivity contribution in [1.29, 1.82) is 0 Å². The summed E-state index contributed by atoms with van der Waals surface area (Å²) in [7, 11) is 0. The molecule has 0 heterocycles. The number of nitrogens with one attached hydrogen (secondary N) is 1. The number of nitrogens with zero attached hydrogens (tertiary/aromatic N) is 1. The van der Waals surface area contributed by atoms with Gasteiger partial charge in [0.25, 0.3) is 0 Å². The van der Waals surface area contributed by atoms with Gasteiger partial charge in [-0.25, -0.2) is 4.79 Å². The number of carbonyl (C=O) groups is 1. The highest BCUT2D eigenvalue weighted by Crippen LogP contribution is 2.09. The fraction of sp³-hybridized carbons (Fsp3) is 0.923.